The van der Waals surface area contributed by atoms with Gasteiger partial charge in [-0.05, 0) is 0 Å². The molecule has 1 aromatic rings. The molecule has 1 aliphatic rings. The van der Waals surface area contributed by atoms with E-state index in [1.165, 1.54) is 12.1 Å². The molecule has 0 radical (unpaired) electrons. The number of hydrogen-bond acceptors (Lipinski definition) is 6. The molecule has 1 heterocycles. The van der Waals surface area contributed by atoms with E-state index in [0.29, 0.717) is 13.3 Å². The number of benzene rings is 1. The van der Waals surface area contributed by atoms with Crippen LogP contribution in [0.1, 0.15) is 0 Å². The van der Waals surface area contributed by atoms with E-state index in [9.17, 15) is 10.1 Å². The Labute approximate surface area is 97.8 Å². The summed E-state index contributed by atoms with van der Waals surface area (Å²) in [5.74, 6) is 0. The van der Waals surface area contributed by atoms with Crippen molar-refractivity contribution >= 4 is 5.69 Å². The fourth-order valence-corrected chi connectivity index (χ4v) is 1.11. The molecule has 0 saturated carbocycles. The largest absolute Gasteiger partial charge is 0.386 e. The number of nitrogens with zero attached hydrogens (tertiary/aromatic N) is 1. The first-order valence-electron chi connectivity index (χ1n) is 4.99. The average Bonchev–Trinajstić information content (AvgIpc) is 2.35. The molecule has 1 aliphatic heterocycles. The molecular weight excluding hydrogens is 228 g/mol. The third-order valence-corrected chi connectivity index (χ3v) is 2.01. The van der Waals surface area contributed by atoms with Crippen molar-refractivity contribution in [1.82, 2.24) is 5.32 Å². The standard InChI is InChI=1S/C6H5NO2.C4H9NO3/c8-7(9)6-4-2-1-3-5-6;6-3-1-5-2-8-4(3)7/h1-5H;3-7H,1-2H2. The van der Waals surface area contributed by atoms with Gasteiger partial charge in [0, 0.05) is 18.7 Å². The Hall–Kier alpha value is -1.54. The highest BCUT2D eigenvalue weighted by Crippen LogP contribution is 2.06. The van der Waals surface area contributed by atoms with Crippen LogP contribution in [-0.4, -0.2) is 40.8 Å². The fraction of sp³-hybridized carbons (Fsp3) is 0.400. The molecule has 7 heteroatoms. The molecule has 7 nitrogen and oxygen atoms in total. The van der Waals surface area contributed by atoms with Gasteiger partial charge in [-0.25, -0.2) is 0 Å². The molecule has 0 amide bonds. The van der Waals surface area contributed by atoms with Gasteiger partial charge in [-0.3, -0.25) is 15.4 Å². The van der Waals surface area contributed by atoms with Gasteiger partial charge >= 0.3 is 0 Å². The molecule has 2 atom stereocenters. The van der Waals surface area contributed by atoms with Crippen LogP contribution in [0.2, 0.25) is 0 Å². The van der Waals surface area contributed by atoms with Gasteiger partial charge in [0.2, 0.25) is 0 Å². The van der Waals surface area contributed by atoms with Gasteiger partial charge in [-0.1, -0.05) is 18.2 Å². The Morgan fingerprint density at radius 2 is 2.00 bits per heavy atom. The topological polar surface area (TPSA) is 105 Å². The zero-order chi connectivity index (χ0) is 12.7. The summed E-state index contributed by atoms with van der Waals surface area (Å²) in [6, 6.07) is 7.93. The third-order valence-electron chi connectivity index (χ3n) is 2.01. The van der Waals surface area contributed by atoms with E-state index in [2.05, 4.69) is 10.1 Å². The van der Waals surface area contributed by atoms with Crippen LogP contribution in [0.5, 0.6) is 0 Å². The van der Waals surface area contributed by atoms with Gasteiger partial charge in [0.1, 0.15) is 6.10 Å². The van der Waals surface area contributed by atoms with Crippen LogP contribution in [-0.2, 0) is 4.74 Å². The number of β-amino-alcohol motifs (C(OH)–C–C–N with tert-alkyl or cyclic N) is 1. The van der Waals surface area contributed by atoms with Crippen molar-refractivity contribution in [3.05, 3.63) is 40.4 Å². The highest BCUT2D eigenvalue weighted by molar-refractivity contribution is 5.27. The summed E-state index contributed by atoms with van der Waals surface area (Å²) >= 11 is 0. The highest BCUT2D eigenvalue weighted by Gasteiger charge is 2.19. The zero-order valence-corrected chi connectivity index (χ0v) is 9.02. The number of non-ortho nitro benzene ring substituents is 1. The summed E-state index contributed by atoms with van der Waals surface area (Å²) in [4.78, 5) is 9.59. The van der Waals surface area contributed by atoms with Gasteiger partial charge < -0.3 is 14.9 Å². The first kappa shape index (κ1) is 13.5. The number of nitro benzene ring substituents is 1. The van der Waals surface area contributed by atoms with E-state index in [-0.39, 0.29) is 5.69 Å². The molecule has 0 aliphatic carbocycles. The van der Waals surface area contributed by atoms with Crippen molar-refractivity contribution in [2.75, 3.05) is 13.3 Å². The zero-order valence-electron chi connectivity index (χ0n) is 9.02. The van der Waals surface area contributed by atoms with Crippen molar-refractivity contribution in [2.45, 2.75) is 12.4 Å². The third kappa shape index (κ3) is 4.87. The first-order chi connectivity index (χ1) is 8.11. The molecular formula is C10H14N2O5. The smallest absolute Gasteiger partial charge is 0.269 e. The number of hydrogen-bond donors (Lipinski definition) is 3. The van der Waals surface area contributed by atoms with E-state index >= 15 is 0 Å². The predicted molar refractivity (Wildman–Crippen MR) is 59.1 cm³/mol. The molecule has 2 unspecified atom stereocenters. The lowest BCUT2D eigenvalue weighted by Gasteiger charge is -2.23. The normalized spacial score (nSPS) is 23.4. The van der Waals surface area contributed by atoms with Crippen LogP contribution in [0.3, 0.4) is 0 Å². The lowest BCUT2D eigenvalue weighted by molar-refractivity contribution is -0.384. The summed E-state index contributed by atoms with van der Waals surface area (Å²) in [5.41, 5.74) is 0.137. The van der Waals surface area contributed by atoms with Gasteiger partial charge in [0.15, 0.2) is 6.29 Å². The molecule has 0 bridgehead atoms. The average molecular weight is 242 g/mol. The van der Waals surface area contributed by atoms with Gasteiger partial charge in [-0.2, -0.15) is 0 Å². The SMILES string of the molecule is O=[N+]([O-])c1ccccc1.OC1CNCOC1O. The molecule has 1 saturated heterocycles. The number of nitrogens with one attached hydrogen (secondary N) is 1. The number of aliphatic hydroxyl groups is 2. The van der Waals surface area contributed by atoms with Crippen LogP contribution >= 0.6 is 0 Å². The number of rotatable bonds is 1. The number of nitro groups is 1. The molecule has 0 spiro atoms. The predicted octanol–water partition coefficient (Wildman–Crippen LogP) is -0.162. The Balaban J connectivity index is 0.000000171. The highest BCUT2D eigenvalue weighted by atomic mass is 16.6. The van der Waals surface area contributed by atoms with Crippen LogP contribution in [0, 0.1) is 10.1 Å². The molecule has 2 rings (SSSR count). The minimum Gasteiger partial charge on any atom is -0.386 e. The Morgan fingerprint density at radius 1 is 1.35 bits per heavy atom. The van der Waals surface area contributed by atoms with E-state index < -0.39 is 17.3 Å². The quantitative estimate of drug-likeness (QED) is 0.467. The minimum absolute atomic E-state index is 0.137. The molecule has 17 heavy (non-hydrogen) atoms. The fourth-order valence-electron chi connectivity index (χ4n) is 1.11. The maximum atomic E-state index is 10.0. The monoisotopic (exact) mass is 242 g/mol. The number of aliphatic hydroxyl groups excluding tert-OH is 2. The van der Waals surface area contributed by atoms with Gasteiger partial charge in [-0.15, -0.1) is 0 Å². The molecule has 3 N–H and O–H groups in total. The summed E-state index contributed by atoms with van der Waals surface area (Å²) < 4.78 is 4.58. The lowest BCUT2D eigenvalue weighted by Crippen LogP contribution is -2.45. The van der Waals surface area contributed by atoms with Crippen LogP contribution in [0.4, 0.5) is 5.69 Å². The molecule has 1 fully saturated rings. The van der Waals surface area contributed by atoms with E-state index in [4.69, 9.17) is 10.2 Å². The maximum absolute atomic E-state index is 10.0. The van der Waals surface area contributed by atoms with Crippen molar-refractivity contribution in [3.63, 3.8) is 0 Å². The Bertz CT molecular complexity index is 336. The molecule has 1 aromatic carbocycles. The molecule has 94 valence electrons. The second kappa shape index (κ2) is 6.92. The molecule has 0 aromatic heterocycles. The van der Waals surface area contributed by atoms with Crippen molar-refractivity contribution < 1.29 is 19.9 Å². The van der Waals surface area contributed by atoms with Crippen LogP contribution in [0.15, 0.2) is 30.3 Å². The summed E-state index contributed by atoms with van der Waals surface area (Å²) in [7, 11) is 0. The second-order valence-electron chi connectivity index (χ2n) is 3.32. The Morgan fingerprint density at radius 3 is 2.35 bits per heavy atom. The van der Waals surface area contributed by atoms with Crippen LogP contribution < -0.4 is 5.32 Å². The second-order valence-corrected chi connectivity index (χ2v) is 3.32. The van der Waals surface area contributed by atoms with Crippen molar-refractivity contribution in [1.29, 1.82) is 0 Å². The van der Waals surface area contributed by atoms with Gasteiger partial charge in [0.05, 0.1) is 11.7 Å². The maximum Gasteiger partial charge on any atom is 0.269 e. The summed E-state index contributed by atoms with van der Waals surface area (Å²) in [6.07, 6.45) is -1.78. The first-order valence-corrected chi connectivity index (χ1v) is 4.99. The number of ether oxygens (including phenoxy) is 1. The lowest BCUT2D eigenvalue weighted by atomic mass is 10.3. The summed E-state index contributed by atoms with van der Waals surface area (Å²) in [6.45, 7) is 0.722. The van der Waals surface area contributed by atoms with Crippen LogP contribution in [0.25, 0.3) is 0 Å². The van der Waals surface area contributed by atoms with Crippen molar-refractivity contribution in [2.24, 2.45) is 0 Å². The van der Waals surface area contributed by atoms with E-state index in [1.54, 1.807) is 18.2 Å². The minimum atomic E-state index is -1.00. The summed E-state index contributed by atoms with van der Waals surface area (Å²) in [5, 5.41) is 30.1. The number of para-hydroxylation sites is 1. The van der Waals surface area contributed by atoms with E-state index in [1.807, 2.05) is 0 Å². The van der Waals surface area contributed by atoms with Crippen molar-refractivity contribution in [3.8, 4) is 0 Å². The van der Waals surface area contributed by atoms with E-state index in [0.717, 1.165) is 0 Å². The van der Waals surface area contributed by atoms with Gasteiger partial charge in [0.25, 0.3) is 5.69 Å². The Kier molecular flexibility index (Phi) is 5.50.